The number of amides is 2. The summed E-state index contributed by atoms with van der Waals surface area (Å²) in [6, 6.07) is 14.1. The third kappa shape index (κ3) is 7.30. The van der Waals surface area contributed by atoms with Crippen LogP contribution in [0.1, 0.15) is 50.3 Å². The highest BCUT2D eigenvalue weighted by molar-refractivity contribution is 7.90. The van der Waals surface area contributed by atoms with Crippen LogP contribution in [0.15, 0.2) is 48.5 Å². The number of nitrogens with one attached hydrogen (secondary N) is 1. The van der Waals surface area contributed by atoms with Gasteiger partial charge >= 0.3 is 10.2 Å². The summed E-state index contributed by atoms with van der Waals surface area (Å²) in [5, 5.41) is 2.98. The minimum atomic E-state index is -3.99. The predicted molar refractivity (Wildman–Crippen MR) is 145 cm³/mol. The molecule has 0 saturated heterocycles. The molecule has 0 heterocycles. The van der Waals surface area contributed by atoms with E-state index in [0.717, 1.165) is 31.7 Å². The molecule has 1 N–H and O–H groups in total. The number of rotatable bonds is 12. The van der Waals surface area contributed by atoms with Crippen molar-refractivity contribution < 1.29 is 18.0 Å². The second-order valence-electron chi connectivity index (χ2n) is 9.34. The van der Waals surface area contributed by atoms with Gasteiger partial charge in [-0.25, -0.2) is 4.31 Å². The standard InChI is InChI=1S/C27H40N4O4S/c1-8-22(5)28-27(33)24(9-2)30(18-23-13-11-10-12-14-23)26(32)19-31(36(34,35)29(6)7)25-17-20(3)15-16-21(25)4/h10-17,22,24H,8-9,18-19H2,1-7H3,(H,28,33). The van der Waals surface area contributed by atoms with E-state index in [-0.39, 0.29) is 18.5 Å². The van der Waals surface area contributed by atoms with Gasteiger partial charge in [-0.15, -0.1) is 0 Å². The molecule has 0 radical (unpaired) electrons. The van der Waals surface area contributed by atoms with Crippen LogP contribution in [0.25, 0.3) is 0 Å². The highest BCUT2D eigenvalue weighted by Crippen LogP contribution is 2.26. The average Bonchev–Trinajstić information content (AvgIpc) is 2.84. The van der Waals surface area contributed by atoms with E-state index in [0.29, 0.717) is 12.1 Å². The normalized spacial score (nSPS) is 13.2. The molecule has 9 heteroatoms. The summed E-state index contributed by atoms with van der Waals surface area (Å²) < 4.78 is 29.0. The maximum Gasteiger partial charge on any atom is 0.304 e. The van der Waals surface area contributed by atoms with E-state index in [2.05, 4.69) is 5.32 Å². The van der Waals surface area contributed by atoms with Gasteiger partial charge in [0.1, 0.15) is 12.6 Å². The first-order valence-electron chi connectivity index (χ1n) is 12.3. The van der Waals surface area contributed by atoms with E-state index in [1.165, 1.54) is 19.0 Å². The molecule has 36 heavy (non-hydrogen) atoms. The Morgan fingerprint density at radius 1 is 0.972 bits per heavy atom. The first-order chi connectivity index (χ1) is 16.9. The van der Waals surface area contributed by atoms with Crippen molar-refractivity contribution in [1.29, 1.82) is 0 Å². The smallest absolute Gasteiger partial charge is 0.304 e. The molecular formula is C27H40N4O4S. The van der Waals surface area contributed by atoms with Crippen LogP contribution in [0, 0.1) is 13.8 Å². The predicted octanol–water partition coefficient (Wildman–Crippen LogP) is 3.64. The number of hydrogen-bond acceptors (Lipinski definition) is 4. The molecule has 2 atom stereocenters. The van der Waals surface area contributed by atoms with Gasteiger partial charge in [-0.1, -0.05) is 56.3 Å². The van der Waals surface area contributed by atoms with Gasteiger partial charge in [0, 0.05) is 26.7 Å². The zero-order valence-corrected chi connectivity index (χ0v) is 23.3. The molecule has 2 aromatic carbocycles. The van der Waals surface area contributed by atoms with Crippen LogP contribution in [0.5, 0.6) is 0 Å². The molecule has 0 aromatic heterocycles. The van der Waals surface area contributed by atoms with Crippen LogP contribution in [0.4, 0.5) is 5.69 Å². The van der Waals surface area contributed by atoms with Crippen LogP contribution in [-0.4, -0.2) is 62.2 Å². The molecule has 0 fully saturated rings. The van der Waals surface area contributed by atoms with Crippen molar-refractivity contribution in [2.75, 3.05) is 24.9 Å². The fraction of sp³-hybridized carbons (Fsp3) is 0.481. The second kappa shape index (κ2) is 12.9. The zero-order chi connectivity index (χ0) is 27.0. The summed E-state index contributed by atoms with van der Waals surface area (Å²) in [6.07, 6.45) is 1.15. The van der Waals surface area contributed by atoms with Crippen LogP contribution >= 0.6 is 0 Å². The fourth-order valence-electron chi connectivity index (χ4n) is 3.83. The fourth-order valence-corrected chi connectivity index (χ4v) is 4.94. The molecular weight excluding hydrogens is 476 g/mol. The minimum absolute atomic E-state index is 0.0409. The molecule has 2 aromatic rings. The molecule has 0 spiro atoms. The van der Waals surface area contributed by atoms with Crippen LogP contribution in [0.3, 0.4) is 0 Å². The second-order valence-corrected chi connectivity index (χ2v) is 11.4. The van der Waals surface area contributed by atoms with Crippen molar-refractivity contribution in [3.05, 3.63) is 65.2 Å². The van der Waals surface area contributed by atoms with Gasteiger partial charge in [0.15, 0.2) is 0 Å². The van der Waals surface area contributed by atoms with Gasteiger partial charge < -0.3 is 10.2 Å². The quantitative estimate of drug-likeness (QED) is 0.466. The molecule has 0 aliphatic carbocycles. The van der Waals surface area contributed by atoms with Crippen LogP contribution in [0.2, 0.25) is 0 Å². The monoisotopic (exact) mass is 516 g/mol. The number of carbonyl (C=O) groups is 2. The lowest BCUT2D eigenvalue weighted by molar-refractivity contribution is -0.140. The number of hydrogen-bond donors (Lipinski definition) is 1. The third-order valence-electron chi connectivity index (χ3n) is 6.23. The molecule has 2 amide bonds. The maximum atomic E-state index is 13.9. The minimum Gasteiger partial charge on any atom is -0.352 e. The number of carbonyl (C=O) groups excluding carboxylic acids is 2. The lowest BCUT2D eigenvalue weighted by atomic mass is 10.1. The summed E-state index contributed by atoms with van der Waals surface area (Å²) in [6.45, 7) is 9.20. The Balaban J connectivity index is 2.53. The van der Waals surface area contributed by atoms with E-state index < -0.39 is 28.7 Å². The molecule has 0 aliphatic heterocycles. The molecule has 0 aliphatic rings. The Morgan fingerprint density at radius 2 is 1.61 bits per heavy atom. The lowest BCUT2D eigenvalue weighted by Gasteiger charge is -2.34. The van der Waals surface area contributed by atoms with Crippen molar-refractivity contribution in [1.82, 2.24) is 14.5 Å². The van der Waals surface area contributed by atoms with Gasteiger partial charge in [0.2, 0.25) is 11.8 Å². The highest BCUT2D eigenvalue weighted by Gasteiger charge is 2.34. The molecule has 0 bridgehead atoms. The highest BCUT2D eigenvalue weighted by atomic mass is 32.2. The van der Waals surface area contributed by atoms with Gasteiger partial charge in [-0.05, 0) is 56.4 Å². The topological polar surface area (TPSA) is 90.0 Å². The summed E-state index contributed by atoms with van der Waals surface area (Å²) in [7, 11) is -1.11. The van der Waals surface area contributed by atoms with E-state index in [1.807, 2.05) is 77.1 Å². The largest absolute Gasteiger partial charge is 0.352 e. The Labute approximate surface area is 216 Å². The summed E-state index contributed by atoms with van der Waals surface area (Å²) in [5.41, 5.74) is 2.90. The average molecular weight is 517 g/mol. The Hall–Kier alpha value is -2.91. The Kier molecular flexibility index (Phi) is 10.5. The van der Waals surface area contributed by atoms with Crippen molar-refractivity contribution in [2.45, 2.75) is 66.1 Å². The van der Waals surface area contributed by atoms with Gasteiger partial charge in [0.25, 0.3) is 0 Å². The van der Waals surface area contributed by atoms with E-state index in [1.54, 1.807) is 6.07 Å². The van der Waals surface area contributed by atoms with Crippen molar-refractivity contribution in [3.8, 4) is 0 Å². The molecule has 2 rings (SSSR count). The van der Waals surface area contributed by atoms with Crippen LogP contribution < -0.4 is 9.62 Å². The van der Waals surface area contributed by atoms with Gasteiger partial charge in [0.05, 0.1) is 5.69 Å². The van der Waals surface area contributed by atoms with Crippen molar-refractivity contribution in [2.24, 2.45) is 0 Å². The number of nitrogens with zero attached hydrogens (tertiary/aromatic N) is 3. The van der Waals surface area contributed by atoms with Crippen molar-refractivity contribution in [3.63, 3.8) is 0 Å². The Bertz CT molecular complexity index is 1140. The zero-order valence-electron chi connectivity index (χ0n) is 22.5. The van der Waals surface area contributed by atoms with Gasteiger partial charge in [-0.2, -0.15) is 12.7 Å². The summed E-state index contributed by atoms with van der Waals surface area (Å²) >= 11 is 0. The summed E-state index contributed by atoms with van der Waals surface area (Å²) in [5.74, 6) is -0.693. The maximum absolute atomic E-state index is 13.9. The first-order valence-corrected chi connectivity index (χ1v) is 13.7. The molecule has 0 saturated carbocycles. The number of benzene rings is 2. The van der Waals surface area contributed by atoms with Crippen molar-refractivity contribution >= 4 is 27.7 Å². The van der Waals surface area contributed by atoms with Crippen LogP contribution in [-0.2, 0) is 26.3 Å². The van der Waals surface area contributed by atoms with E-state index >= 15 is 0 Å². The third-order valence-corrected chi connectivity index (χ3v) is 8.04. The first kappa shape index (κ1) is 29.3. The molecule has 198 valence electrons. The number of anilines is 1. The molecule has 2 unspecified atom stereocenters. The Morgan fingerprint density at radius 3 is 2.17 bits per heavy atom. The summed E-state index contributed by atoms with van der Waals surface area (Å²) in [4.78, 5) is 28.6. The SMILES string of the molecule is CCC(C)NC(=O)C(CC)N(Cc1ccccc1)C(=O)CN(c1cc(C)ccc1C)S(=O)(=O)N(C)C. The van der Waals surface area contributed by atoms with E-state index in [4.69, 9.17) is 0 Å². The number of aryl methyl sites for hydroxylation is 2. The lowest BCUT2D eigenvalue weighted by Crippen LogP contribution is -2.54. The van der Waals surface area contributed by atoms with E-state index in [9.17, 15) is 18.0 Å². The molecule has 8 nitrogen and oxygen atoms in total. The van der Waals surface area contributed by atoms with Gasteiger partial charge in [-0.3, -0.25) is 9.59 Å².